The van der Waals surface area contributed by atoms with Crippen LogP contribution in [0.15, 0.2) is 24.3 Å². The molecule has 0 saturated carbocycles. The minimum atomic E-state index is -0.529. The average Bonchev–Trinajstić information content (AvgIpc) is 2.65. The minimum absolute atomic E-state index is 0.336. The second-order valence-corrected chi connectivity index (χ2v) is 3.20. The number of rotatable bonds is 2. The SMILES string of the molecule is N#Cc1cccc(OC2CCOC2=O)c1. The second-order valence-electron chi connectivity index (χ2n) is 3.20. The molecule has 1 aliphatic rings. The number of hydrogen-bond donors (Lipinski definition) is 0. The molecule has 0 N–H and O–H groups in total. The van der Waals surface area contributed by atoms with Gasteiger partial charge in [0.15, 0.2) is 6.10 Å². The van der Waals surface area contributed by atoms with Crippen LogP contribution in [0.2, 0.25) is 0 Å². The van der Waals surface area contributed by atoms with Gasteiger partial charge < -0.3 is 9.47 Å². The Morgan fingerprint density at radius 1 is 1.53 bits per heavy atom. The Morgan fingerprint density at radius 2 is 2.40 bits per heavy atom. The molecule has 15 heavy (non-hydrogen) atoms. The maximum Gasteiger partial charge on any atom is 0.347 e. The van der Waals surface area contributed by atoms with Crippen molar-refractivity contribution in [2.45, 2.75) is 12.5 Å². The first-order valence-corrected chi connectivity index (χ1v) is 4.63. The number of hydrogen-bond acceptors (Lipinski definition) is 4. The van der Waals surface area contributed by atoms with Gasteiger partial charge >= 0.3 is 5.97 Å². The normalized spacial score (nSPS) is 19.4. The molecule has 0 aromatic heterocycles. The lowest BCUT2D eigenvalue weighted by Crippen LogP contribution is -2.21. The van der Waals surface area contributed by atoms with Gasteiger partial charge in [0.25, 0.3) is 0 Å². The zero-order valence-corrected chi connectivity index (χ0v) is 7.97. The van der Waals surface area contributed by atoms with Crippen LogP contribution < -0.4 is 4.74 Å². The van der Waals surface area contributed by atoms with E-state index in [1.807, 2.05) is 6.07 Å². The molecule has 1 heterocycles. The first-order valence-electron chi connectivity index (χ1n) is 4.63. The highest BCUT2D eigenvalue weighted by atomic mass is 16.6. The highest BCUT2D eigenvalue weighted by Gasteiger charge is 2.28. The summed E-state index contributed by atoms with van der Waals surface area (Å²) in [6.07, 6.45) is 0.0363. The summed E-state index contributed by atoms with van der Waals surface area (Å²) in [5.74, 6) is 0.190. The summed E-state index contributed by atoms with van der Waals surface area (Å²) in [5.41, 5.74) is 0.513. The number of esters is 1. The maximum absolute atomic E-state index is 11.1. The van der Waals surface area contributed by atoms with E-state index in [0.29, 0.717) is 24.3 Å². The predicted octanol–water partition coefficient (Wildman–Crippen LogP) is 1.25. The van der Waals surface area contributed by atoms with Crippen LogP contribution in [0.25, 0.3) is 0 Å². The lowest BCUT2D eigenvalue weighted by Gasteiger charge is -2.09. The number of ether oxygens (including phenoxy) is 2. The van der Waals surface area contributed by atoms with Crippen molar-refractivity contribution in [2.24, 2.45) is 0 Å². The molecule has 0 bridgehead atoms. The molecule has 0 radical (unpaired) electrons. The topological polar surface area (TPSA) is 59.3 Å². The quantitative estimate of drug-likeness (QED) is 0.679. The highest BCUT2D eigenvalue weighted by molar-refractivity contribution is 5.76. The smallest absolute Gasteiger partial charge is 0.347 e. The first kappa shape index (κ1) is 9.53. The number of benzene rings is 1. The second kappa shape index (κ2) is 4.01. The average molecular weight is 203 g/mol. The highest BCUT2D eigenvalue weighted by Crippen LogP contribution is 2.18. The van der Waals surface area contributed by atoms with Crippen molar-refractivity contribution in [1.29, 1.82) is 5.26 Å². The van der Waals surface area contributed by atoms with E-state index in [1.54, 1.807) is 24.3 Å². The van der Waals surface area contributed by atoms with Crippen molar-refractivity contribution < 1.29 is 14.3 Å². The molecule has 0 spiro atoms. The van der Waals surface area contributed by atoms with Crippen LogP contribution in [-0.4, -0.2) is 18.7 Å². The summed E-state index contributed by atoms with van der Waals surface area (Å²) in [5, 5.41) is 8.68. The van der Waals surface area contributed by atoms with Crippen LogP contribution in [0.5, 0.6) is 5.75 Å². The number of carbonyl (C=O) groups excluding carboxylic acids is 1. The van der Waals surface area contributed by atoms with Crippen LogP contribution in [-0.2, 0) is 9.53 Å². The van der Waals surface area contributed by atoms with Gasteiger partial charge in [-0.1, -0.05) is 6.07 Å². The molecule has 0 amide bonds. The van der Waals surface area contributed by atoms with Gasteiger partial charge in [-0.05, 0) is 18.2 Å². The molecule has 1 aromatic carbocycles. The molecule has 1 atom stereocenters. The van der Waals surface area contributed by atoms with Gasteiger partial charge in [-0.25, -0.2) is 4.79 Å². The monoisotopic (exact) mass is 203 g/mol. The predicted molar refractivity (Wildman–Crippen MR) is 51.1 cm³/mol. The standard InChI is InChI=1S/C11H9NO3/c12-7-8-2-1-3-9(6-8)15-10-4-5-14-11(10)13/h1-3,6,10H,4-5H2. The molecule has 1 aliphatic heterocycles. The number of nitriles is 1. The summed E-state index contributed by atoms with van der Waals surface area (Å²) in [7, 11) is 0. The number of nitrogens with zero attached hydrogens (tertiary/aromatic N) is 1. The molecule has 0 aliphatic carbocycles. The zero-order valence-electron chi connectivity index (χ0n) is 7.97. The van der Waals surface area contributed by atoms with Crippen molar-refractivity contribution in [1.82, 2.24) is 0 Å². The van der Waals surface area contributed by atoms with E-state index < -0.39 is 6.10 Å². The molecule has 1 fully saturated rings. The Hall–Kier alpha value is -2.02. The lowest BCUT2D eigenvalue weighted by molar-refractivity contribution is -0.143. The summed E-state index contributed by atoms with van der Waals surface area (Å²) >= 11 is 0. The molecule has 1 aromatic rings. The summed E-state index contributed by atoms with van der Waals surface area (Å²) in [6.45, 7) is 0.404. The Morgan fingerprint density at radius 3 is 3.07 bits per heavy atom. The van der Waals surface area contributed by atoms with E-state index in [0.717, 1.165) is 0 Å². The Labute approximate surface area is 87.0 Å². The van der Waals surface area contributed by atoms with Crippen molar-refractivity contribution >= 4 is 5.97 Å². The lowest BCUT2D eigenvalue weighted by atomic mass is 10.2. The molecule has 4 heteroatoms. The third-order valence-electron chi connectivity index (χ3n) is 2.13. The van der Waals surface area contributed by atoms with Gasteiger partial charge in [-0.3, -0.25) is 0 Å². The Bertz CT molecular complexity index is 422. The van der Waals surface area contributed by atoms with Crippen molar-refractivity contribution in [3.8, 4) is 11.8 Å². The van der Waals surface area contributed by atoms with Crippen LogP contribution in [0.3, 0.4) is 0 Å². The fourth-order valence-electron chi connectivity index (χ4n) is 1.39. The largest absolute Gasteiger partial charge is 0.479 e. The molecular formula is C11H9NO3. The summed E-state index contributed by atoms with van der Waals surface area (Å²) in [6, 6.07) is 8.72. The van der Waals surface area contributed by atoms with Crippen LogP contribution >= 0.6 is 0 Å². The van der Waals surface area contributed by atoms with E-state index >= 15 is 0 Å². The van der Waals surface area contributed by atoms with E-state index in [1.165, 1.54) is 0 Å². The fourth-order valence-corrected chi connectivity index (χ4v) is 1.39. The zero-order chi connectivity index (χ0) is 10.7. The van der Waals surface area contributed by atoms with E-state index in [-0.39, 0.29) is 5.97 Å². The van der Waals surface area contributed by atoms with Gasteiger partial charge in [0.2, 0.25) is 0 Å². The first-order chi connectivity index (χ1) is 7.29. The Balaban J connectivity index is 2.10. The van der Waals surface area contributed by atoms with Crippen LogP contribution in [0.1, 0.15) is 12.0 Å². The van der Waals surface area contributed by atoms with E-state index in [9.17, 15) is 4.79 Å². The minimum Gasteiger partial charge on any atom is -0.479 e. The van der Waals surface area contributed by atoms with Gasteiger partial charge in [-0.15, -0.1) is 0 Å². The molecule has 1 unspecified atom stereocenters. The van der Waals surface area contributed by atoms with Gasteiger partial charge in [0.05, 0.1) is 18.2 Å². The maximum atomic E-state index is 11.1. The Kier molecular flexibility index (Phi) is 2.55. The van der Waals surface area contributed by atoms with Crippen LogP contribution in [0.4, 0.5) is 0 Å². The summed E-state index contributed by atoms with van der Waals surface area (Å²) in [4.78, 5) is 11.1. The molecular weight excluding hydrogens is 194 g/mol. The van der Waals surface area contributed by atoms with Gasteiger partial charge in [0.1, 0.15) is 5.75 Å². The van der Waals surface area contributed by atoms with Crippen LogP contribution in [0, 0.1) is 11.3 Å². The van der Waals surface area contributed by atoms with E-state index in [4.69, 9.17) is 14.7 Å². The molecule has 4 nitrogen and oxygen atoms in total. The number of carbonyl (C=O) groups is 1. The van der Waals surface area contributed by atoms with Crippen molar-refractivity contribution in [3.63, 3.8) is 0 Å². The number of cyclic esters (lactones) is 1. The van der Waals surface area contributed by atoms with Gasteiger partial charge in [0, 0.05) is 6.42 Å². The summed E-state index contributed by atoms with van der Waals surface area (Å²) < 4.78 is 10.2. The third-order valence-corrected chi connectivity index (χ3v) is 2.13. The van der Waals surface area contributed by atoms with E-state index in [2.05, 4.69) is 0 Å². The third kappa shape index (κ3) is 2.08. The molecule has 2 rings (SSSR count). The van der Waals surface area contributed by atoms with Crippen molar-refractivity contribution in [2.75, 3.05) is 6.61 Å². The molecule has 1 saturated heterocycles. The fraction of sp³-hybridized carbons (Fsp3) is 0.273. The van der Waals surface area contributed by atoms with Gasteiger partial charge in [-0.2, -0.15) is 5.26 Å². The molecule has 76 valence electrons. The van der Waals surface area contributed by atoms with Crippen molar-refractivity contribution in [3.05, 3.63) is 29.8 Å².